The molecule has 0 unspecified atom stereocenters. The standard InChI is InChI=1S/C24H34N2O4/c1-16(26(5)6)24(28,18-10-8-9-11-21(18)30-15-22(25)27)19-14-17(23(2,3)4)12-13-20(19)29-7/h8-14,16,28H,15H2,1-7H3,(H2,25,27)/t16-,24-/m1/s1. The van der Waals surface area contributed by atoms with Crippen LogP contribution in [0.4, 0.5) is 0 Å². The number of carbonyl (C=O) groups excluding carboxylic acids is 1. The van der Waals surface area contributed by atoms with Crippen molar-refractivity contribution in [2.75, 3.05) is 27.8 Å². The van der Waals surface area contributed by atoms with Gasteiger partial charge in [0.25, 0.3) is 5.91 Å². The van der Waals surface area contributed by atoms with Gasteiger partial charge in [-0.1, -0.05) is 45.0 Å². The zero-order valence-electron chi connectivity index (χ0n) is 19.0. The molecule has 0 heterocycles. The topological polar surface area (TPSA) is 85.0 Å². The monoisotopic (exact) mass is 414 g/mol. The van der Waals surface area contributed by atoms with Crippen molar-refractivity contribution in [1.29, 1.82) is 0 Å². The summed E-state index contributed by atoms with van der Waals surface area (Å²) in [6, 6.07) is 12.7. The molecule has 0 fully saturated rings. The summed E-state index contributed by atoms with van der Waals surface area (Å²) >= 11 is 0. The van der Waals surface area contributed by atoms with Gasteiger partial charge in [-0.3, -0.25) is 4.79 Å². The lowest BCUT2D eigenvalue weighted by Crippen LogP contribution is -2.47. The number of aliphatic hydroxyl groups is 1. The number of primary amides is 1. The van der Waals surface area contributed by atoms with E-state index in [1.54, 1.807) is 25.3 Å². The Morgan fingerprint density at radius 1 is 1.10 bits per heavy atom. The number of hydrogen-bond donors (Lipinski definition) is 2. The molecule has 0 saturated carbocycles. The van der Waals surface area contributed by atoms with Gasteiger partial charge in [-0.05, 0) is 50.2 Å². The number of methoxy groups -OCH3 is 1. The number of nitrogens with two attached hydrogens (primary N) is 1. The van der Waals surface area contributed by atoms with Crippen LogP contribution >= 0.6 is 0 Å². The molecule has 0 saturated heterocycles. The van der Waals surface area contributed by atoms with E-state index in [-0.39, 0.29) is 18.1 Å². The molecular formula is C24H34N2O4. The number of para-hydroxylation sites is 1. The third-order valence-electron chi connectivity index (χ3n) is 5.52. The van der Waals surface area contributed by atoms with Crippen molar-refractivity contribution < 1.29 is 19.4 Å². The fraction of sp³-hybridized carbons (Fsp3) is 0.458. The van der Waals surface area contributed by atoms with Gasteiger partial charge in [-0.25, -0.2) is 0 Å². The number of hydrogen-bond acceptors (Lipinski definition) is 5. The first-order chi connectivity index (χ1) is 13.9. The summed E-state index contributed by atoms with van der Waals surface area (Å²) in [4.78, 5) is 13.2. The SMILES string of the molecule is COc1ccc(C(C)(C)C)cc1[C@](O)(c1ccccc1OCC(N)=O)[C@@H](C)N(C)C. The summed E-state index contributed by atoms with van der Waals surface area (Å²) in [5.74, 6) is 0.390. The highest BCUT2D eigenvalue weighted by atomic mass is 16.5. The molecule has 0 bridgehead atoms. The average Bonchev–Trinajstić information content (AvgIpc) is 2.70. The Labute approximate surface area is 179 Å². The van der Waals surface area contributed by atoms with Gasteiger partial charge in [-0.15, -0.1) is 0 Å². The van der Waals surface area contributed by atoms with Gasteiger partial charge in [0.15, 0.2) is 6.61 Å². The highest BCUT2D eigenvalue weighted by Gasteiger charge is 2.43. The van der Waals surface area contributed by atoms with Crippen molar-refractivity contribution in [3.8, 4) is 11.5 Å². The van der Waals surface area contributed by atoms with Gasteiger partial charge < -0.3 is 25.2 Å². The van der Waals surface area contributed by atoms with Crippen LogP contribution in [-0.4, -0.2) is 49.8 Å². The predicted molar refractivity (Wildman–Crippen MR) is 119 cm³/mol. The van der Waals surface area contributed by atoms with E-state index >= 15 is 0 Å². The number of carbonyl (C=O) groups is 1. The molecule has 3 N–H and O–H groups in total. The molecule has 164 valence electrons. The number of ether oxygens (including phenoxy) is 2. The lowest BCUT2D eigenvalue weighted by molar-refractivity contribution is -0.120. The van der Waals surface area contributed by atoms with Crippen molar-refractivity contribution in [2.45, 2.75) is 44.8 Å². The second-order valence-electron chi connectivity index (χ2n) is 8.82. The Morgan fingerprint density at radius 2 is 1.73 bits per heavy atom. The minimum Gasteiger partial charge on any atom is -0.496 e. The minimum atomic E-state index is -1.48. The fourth-order valence-electron chi connectivity index (χ4n) is 3.50. The van der Waals surface area contributed by atoms with Crippen LogP contribution in [0.2, 0.25) is 0 Å². The molecule has 2 rings (SSSR count). The van der Waals surface area contributed by atoms with E-state index in [4.69, 9.17) is 15.2 Å². The molecule has 6 heteroatoms. The maximum Gasteiger partial charge on any atom is 0.255 e. The van der Waals surface area contributed by atoms with Crippen LogP contribution in [0.15, 0.2) is 42.5 Å². The second-order valence-corrected chi connectivity index (χ2v) is 8.82. The number of nitrogens with zero attached hydrogens (tertiary/aromatic N) is 1. The van der Waals surface area contributed by atoms with Crippen molar-refractivity contribution in [1.82, 2.24) is 4.90 Å². The van der Waals surface area contributed by atoms with Crippen LogP contribution in [0, 0.1) is 0 Å². The third-order valence-corrected chi connectivity index (χ3v) is 5.52. The molecule has 0 spiro atoms. The summed E-state index contributed by atoms with van der Waals surface area (Å²) in [6.45, 7) is 8.03. The molecule has 0 radical (unpaired) electrons. The maximum absolute atomic E-state index is 12.3. The van der Waals surface area contributed by atoms with Gasteiger partial charge in [0.2, 0.25) is 0 Å². The second kappa shape index (κ2) is 9.06. The molecule has 6 nitrogen and oxygen atoms in total. The smallest absolute Gasteiger partial charge is 0.255 e. The Kier molecular flexibility index (Phi) is 7.16. The molecule has 0 aliphatic carbocycles. The largest absolute Gasteiger partial charge is 0.496 e. The number of rotatable bonds is 8. The maximum atomic E-state index is 12.3. The van der Waals surface area contributed by atoms with Crippen LogP contribution in [0.1, 0.15) is 44.4 Å². The molecule has 0 aliphatic rings. The lowest BCUT2D eigenvalue weighted by atomic mass is 9.76. The summed E-state index contributed by atoms with van der Waals surface area (Å²) in [7, 11) is 5.40. The van der Waals surface area contributed by atoms with E-state index in [9.17, 15) is 9.90 Å². The summed E-state index contributed by atoms with van der Waals surface area (Å²) in [5, 5.41) is 12.3. The van der Waals surface area contributed by atoms with E-state index in [0.717, 1.165) is 5.56 Å². The van der Waals surface area contributed by atoms with Gasteiger partial charge >= 0.3 is 0 Å². The van der Waals surface area contributed by atoms with Crippen LogP contribution < -0.4 is 15.2 Å². The Bertz CT molecular complexity index is 889. The summed E-state index contributed by atoms with van der Waals surface area (Å²) < 4.78 is 11.3. The molecule has 30 heavy (non-hydrogen) atoms. The van der Waals surface area contributed by atoms with Gasteiger partial charge in [0, 0.05) is 17.2 Å². The van der Waals surface area contributed by atoms with E-state index < -0.39 is 11.5 Å². The third kappa shape index (κ3) is 4.77. The quantitative estimate of drug-likeness (QED) is 0.694. The van der Waals surface area contributed by atoms with Crippen LogP contribution in [-0.2, 0) is 15.8 Å². The van der Waals surface area contributed by atoms with Crippen LogP contribution in [0.5, 0.6) is 11.5 Å². The van der Waals surface area contributed by atoms with E-state index in [1.165, 1.54) is 0 Å². The lowest BCUT2D eigenvalue weighted by Gasteiger charge is -2.40. The first-order valence-electron chi connectivity index (χ1n) is 10.0. The molecule has 0 aromatic heterocycles. The zero-order valence-corrected chi connectivity index (χ0v) is 19.0. The normalized spacial score (nSPS) is 14.8. The molecule has 0 aliphatic heterocycles. The highest BCUT2D eigenvalue weighted by molar-refractivity contribution is 5.75. The summed E-state index contributed by atoms with van der Waals surface area (Å²) in [5.41, 5.74) is 5.92. The molecular weight excluding hydrogens is 380 g/mol. The van der Waals surface area contributed by atoms with Crippen LogP contribution in [0.3, 0.4) is 0 Å². The highest BCUT2D eigenvalue weighted by Crippen LogP contribution is 2.44. The number of likely N-dealkylation sites (N-methyl/N-ethyl adjacent to an activating group) is 1. The van der Waals surface area contributed by atoms with Gasteiger partial charge in [-0.2, -0.15) is 0 Å². The van der Waals surface area contributed by atoms with Crippen molar-refractivity contribution in [2.24, 2.45) is 5.73 Å². The van der Waals surface area contributed by atoms with E-state index in [1.807, 2.05) is 50.2 Å². The van der Waals surface area contributed by atoms with Crippen LogP contribution in [0.25, 0.3) is 0 Å². The number of amides is 1. The van der Waals surface area contributed by atoms with E-state index in [0.29, 0.717) is 22.6 Å². The molecule has 1 amide bonds. The van der Waals surface area contributed by atoms with Crippen molar-refractivity contribution in [3.63, 3.8) is 0 Å². The van der Waals surface area contributed by atoms with E-state index in [2.05, 4.69) is 20.8 Å². The predicted octanol–water partition coefficient (Wildman–Crippen LogP) is 3.04. The average molecular weight is 415 g/mol. The Morgan fingerprint density at radius 3 is 2.27 bits per heavy atom. The fourth-order valence-corrected chi connectivity index (χ4v) is 3.50. The molecule has 2 atom stereocenters. The molecule has 2 aromatic carbocycles. The Balaban J connectivity index is 2.82. The minimum absolute atomic E-state index is 0.120. The first kappa shape index (κ1) is 23.7. The van der Waals surface area contributed by atoms with Gasteiger partial charge in [0.05, 0.1) is 7.11 Å². The Hall–Kier alpha value is -2.57. The van der Waals surface area contributed by atoms with Gasteiger partial charge in [0.1, 0.15) is 17.1 Å². The summed E-state index contributed by atoms with van der Waals surface area (Å²) in [6.07, 6.45) is 0. The molecule has 2 aromatic rings. The van der Waals surface area contributed by atoms with Crippen molar-refractivity contribution >= 4 is 5.91 Å². The number of benzene rings is 2. The first-order valence-corrected chi connectivity index (χ1v) is 10.0. The van der Waals surface area contributed by atoms with Crippen molar-refractivity contribution in [3.05, 3.63) is 59.2 Å². The zero-order chi connectivity index (χ0) is 22.7.